The number of nitrogens with two attached hydrogens (primary N) is 1. The zero-order chi connectivity index (χ0) is 22.5. The number of thiazole rings is 1. The zero-order valence-corrected chi connectivity index (χ0v) is 16.8. The highest BCUT2D eigenvalue weighted by Crippen LogP contribution is 2.23. The van der Waals surface area contributed by atoms with Crippen LogP contribution in [0.2, 0.25) is 0 Å². The van der Waals surface area contributed by atoms with Crippen LogP contribution in [0.1, 0.15) is 31.2 Å². The van der Waals surface area contributed by atoms with Gasteiger partial charge in [0.05, 0.1) is 18.4 Å². The molecule has 3 aromatic rings. The number of aromatic nitrogens is 2. The van der Waals surface area contributed by atoms with E-state index in [2.05, 4.69) is 25.3 Å². The number of halogens is 3. The molecule has 0 aliphatic carbocycles. The summed E-state index contributed by atoms with van der Waals surface area (Å²) in [5.74, 6) is -2.02. The summed E-state index contributed by atoms with van der Waals surface area (Å²) in [6.07, 6.45) is 2.55. The number of ether oxygens (including phenoxy) is 1. The largest absolute Gasteiger partial charge is 0.375 e. The summed E-state index contributed by atoms with van der Waals surface area (Å²) in [7, 11) is 0. The summed E-state index contributed by atoms with van der Waals surface area (Å²) in [5, 5.41) is 5.23. The van der Waals surface area contributed by atoms with Crippen LogP contribution in [0.4, 0.5) is 29.8 Å². The van der Waals surface area contributed by atoms with Crippen LogP contribution in [0, 0.1) is 12.7 Å². The molecule has 12 heteroatoms. The van der Waals surface area contributed by atoms with Crippen molar-refractivity contribution >= 4 is 39.8 Å². The van der Waals surface area contributed by atoms with Gasteiger partial charge in [-0.05, 0) is 36.2 Å². The molecule has 2 aromatic heterocycles. The Balaban J connectivity index is 1.73. The number of amides is 2. The van der Waals surface area contributed by atoms with E-state index in [1.54, 1.807) is 6.92 Å². The first-order valence-corrected chi connectivity index (χ1v) is 9.53. The molecule has 2 heterocycles. The van der Waals surface area contributed by atoms with Crippen molar-refractivity contribution in [3.05, 3.63) is 64.0 Å². The topological polar surface area (TPSA) is 119 Å². The molecule has 0 radical (unpaired) electrons. The average Bonchev–Trinajstić information content (AvgIpc) is 3.15. The summed E-state index contributed by atoms with van der Waals surface area (Å²) in [5.41, 5.74) is 6.20. The van der Waals surface area contributed by atoms with Gasteiger partial charge in [-0.25, -0.2) is 14.4 Å². The molecular formula is C19H16F3N5O3S. The molecule has 0 spiro atoms. The van der Waals surface area contributed by atoms with Crippen molar-refractivity contribution in [1.29, 1.82) is 0 Å². The minimum absolute atomic E-state index is 0.0801. The van der Waals surface area contributed by atoms with E-state index in [1.165, 1.54) is 30.6 Å². The molecule has 0 aliphatic heterocycles. The summed E-state index contributed by atoms with van der Waals surface area (Å²) in [6, 6.07) is 5.12. The Hall–Kier alpha value is -3.51. The third-order valence-corrected chi connectivity index (χ3v) is 4.82. The Morgan fingerprint density at radius 2 is 1.94 bits per heavy atom. The average molecular weight is 451 g/mol. The minimum Gasteiger partial charge on any atom is -0.375 e. The van der Waals surface area contributed by atoms with Gasteiger partial charge in [0.1, 0.15) is 16.5 Å². The molecule has 3 rings (SSSR count). The molecule has 0 fully saturated rings. The number of nitrogens with one attached hydrogen (secondary N) is 2. The van der Waals surface area contributed by atoms with Crippen LogP contribution in [-0.4, -0.2) is 28.4 Å². The molecule has 0 atom stereocenters. The van der Waals surface area contributed by atoms with Crippen LogP contribution >= 0.6 is 11.3 Å². The number of rotatable bonds is 7. The lowest BCUT2D eigenvalue weighted by Gasteiger charge is -2.12. The van der Waals surface area contributed by atoms with Crippen LogP contribution in [0.5, 0.6) is 0 Å². The van der Waals surface area contributed by atoms with Gasteiger partial charge in [-0.15, -0.1) is 0 Å². The van der Waals surface area contributed by atoms with E-state index in [-0.39, 0.29) is 33.7 Å². The SMILES string of the molecule is Cc1cc(F)c(C(=O)Nc2ccc(COC(F)F)cn2)cc1NC(=O)c1cnc(N)s1. The molecular weight excluding hydrogens is 435 g/mol. The molecule has 31 heavy (non-hydrogen) atoms. The highest BCUT2D eigenvalue weighted by atomic mass is 32.1. The fourth-order valence-electron chi connectivity index (χ4n) is 2.48. The smallest absolute Gasteiger partial charge is 0.345 e. The summed E-state index contributed by atoms with van der Waals surface area (Å²) in [6.45, 7) is -1.68. The van der Waals surface area contributed by atoms with Crippen LogP contribution in [-0.2, 0) is 11.3 Å². The predicted octanol–water partition coefficient (Wildman–Crippen LogP) is 3.81. The number of carbonyl (C=O) groups excluding carboxylic acids is 2. The Morgan fingerprint density at radius 3 is 2.55 bits per heavy atom. The van der Waals surface area contributed by atoms with E-state index in [9.17, 15) is 22.8 Å². The maximum atomic E-state index is 14.4. The molecule has 0 aliphatic rings. The van der Waals surface area contributed by atoms with Crippen LogP contribution < -0.4 is 16.4 Å². The fourth-order valence-corrected chi connectivity index (χ4v) is 3.06. The number of nitrogens with zero attached hydrogens (tertiary/aromatic N) is 2. The number of anilines is 3. The Kier molecular flexibility index (Phi) is 6.82. The maximum Gasteiger partial charge on any atom is 0.345 e. The van der Waals surface area contributed by atoms with E-state index < -0.39 is 24.2 Å². The molecule has 0 saturated heterocycles. The van der Waals surface area contributed by atoms with E-state index in [0.29, 0.717) is 11.1 Å². The molecule has 0 saturated carbocycles. The van der Waals surface area contributed by atoms with E-state index in [0.717, 1.165) is 17.4 Å². The first-order valence-electron chi connectivity index (χ1n) is 8.71. The van der Waals surface area contributed by atoms with Crippen LogP contribution in [0.15, 0.2) is 36.7 Å². The molecule has 2 amide bonds. The van der Waals surface area contributed by atoms with Crippen molar-refractivity contribution in [2.75, 3.05) is 16.4 Å². The van der Waals surface area contributed by atoms with Crippen molar-refractivity contribution in [2.24, 2.45) is 0 Å². The van der Waals surface area contributed by atoms with Gasteiger partial charge in [0.2, 0.25) is 0 Å². The number of alkyl halides is 2. The molecule has 4 N–H and O–H groups in total. The first kappa shape index (κ1) is 22.2. The number of hydrogen-bond acceptors (Lipinski definition) is 7. The normalized spacial score (nSPS) is 10.9. The third kappa shape index (κ3) is 5.77. The minimum atomic E-state index is -2.91. The van der Waals surface area contributed by atoms with Gasteiger partial charge in [-0.2, -0.15) is 8.78 Å². The molecule has 1 aromatic carbocycles. The fraction of sp³-hybridized carbons (Fsp3) is 0.158. The Morgan fingerprint density at radius 1 is 1.16 bits per heavy atom. The van der Waals surface area contributed by atoms with Crippen molar-refractivity contribution in [3.63, 3.8) is 0 Å². The lowest BCUT2D eigenvalue weighted by molar-refractivity contribution is -0.137. The highest BCUT2D eigenvalue weighted by molar-refractivity contribution is 7.17. The van der Waals surface area contributed by atoms with Gasteiger partial charge in [0, 0.05) is 11.9 Å². The lowest BCUT2D eigenvalue weighted by Crippen LogP contribution is -2.17. The van der Waals surface area contributed by atoms with E-state index >= 15 is 0 Å². The van der Waals surface area contributed by atoms with Crippen molar-refractivity contribution in [2.45, 2.75) is 20.1 Å². The number of carbonyl (C=O) groups is 2. The number of aryl methyl sites for hydroxylation is 1. The molecule has 162 valence electrons. The van der Waals surface area contributed by atoms with Crippen LogP contribution in [0.3, 0.4) is 0 Å². The zero-order valence-electron chi connectivity index (χ0n) is 16.0. The molecule has 0 unspecified atom stereocenters. The maximum absolute atomic E-state index is 14.4. The van der Waals surface area contributed by atoms with Crippen LogP contribution in [0.25, 0.3) is 0 Å². The Labute approximate surface area is 178 Å². The van der Waals surface area contributed by atoms with Gasteiger partial charge in [0.25, 0.3) is 11.8 Å². The quantitative estimate of drug-likeness (QED) is 0.503. The second kappa shape index (κ2) is 9.53. The predicted molar refractivity (Wildman–Crippen MR) is 109 cm³/mol. The number of benzene rings is 1. The van der Waals surface area contributed by atoms with Gasteiger partial charge in [-0.3, -0.25) is 9.59 Å². The number of nitrogen functional groups attached to an aromatic ring is 1. The monoisotopic (exact) mass is 451 g/mol. The molecule has 8 nitrogen and oxygen atoms in total. The second-order valence-corrected chi connectivity index (χ2v) is 7.30. The van der Waals surface area contributed by atoms with E-state index in [1.807, 2.05) is 0 Å². The van der Waals surface area contributed by atoms with Gasteiger partial charge < -0.3 is 21.1 Å². The third-order valence-electron chi connectivity index (χ3n) is 4.00. The molecule has 0 bridgehead atoms. The first-order chi connectivity index (χ1) is 14.7. The highest BCUT2D eigenvalue weighted by Gasteiger charge is 2.18. The van der Waals surface area contributed by atoms with Crippen molar-refractivity contribution < 1.29 is 27.5 Å². The second-order valence-electron chi connectivity index (χ2n) is 6.24. The van der Waals surface area contributed by atoms with Crippen molar-refractivity contribution in [1.82, 2.24) is 9.97 Å². The number of hydrogen-bond donors (Lipinski definition) is 3. The van der Waals surface area contributed by atoms with E-state index in [4.69, 9.17) is 5.73 Å². The lowest BCUT2D eigenvalue weighted by atomic mass is 10.1. The van der Waals surface area contributed by atoms with Gasteiger partial charge in [0.15, 0.2) is 5.13 Å². The standard InChI is InChI=1S/C19H16F3N5O3S/c1-9-4-12(20)11(5-13(9)26-17(29)14-7-25-19(23)31-14)16(28)27-15-3-2-10(6-24-15)8-30-18(21)22/h2-7,18H,8H2,1H3,(H2,23,25)(H,26,29)(H,24,27,28). The van der Waals surface area contributed by atoms with Crippen molar-refractivity contribution in [3.8, 4) is 0 Å². The van der Waals surface area contributed by atoms with Gasteiger partial charge in [-0.1, -0.05) is 17.4 Å². The van der Waals surface area contributed by atoms with Gasteiger partial charge >= 0.3 is 6.61 Å². The summed E-state index contributed by atoms with van der Waals surface area (Å²) in [4.78, 5) is 32.8. The Bertz CT molecular complexity index is 1110. The summed E-state index contributed by atoms with van der Waals surface area (Å²) >= 11 is 0.985. The number of pyridine rings is 1. The summed E-state index contributed by atoms with van der Waals surface area (Å²) < 4.78 is 42.7.